The number of benzene rings is 2. The van der Waals surface area contributed by atoms with E-state index in [1.54, 1.807) is 35.2 Å². The van der Waals surface area contributed by atoms with Gasteiger partial charge in [-0.15, -0.1) is 0 Å². The normalized spacial score (nSPS) is 21.6. The van der Waals surface area contributed by atoms with Crippen molar-refractivity contribution in [3.63, 3.8) is 0 Å². The van der Waals surface area contributed by atoms with Gasteiger partial charge in [-0.2, -0.15) is 4.31 Å². The van der Waals surface area contributed by atoms with Crippen LogP contribution in [0.4, 0.5) is 4.79 Å². The number of likely N-dealkylation sites (tertiary alicyclic amines) is 1. The molecule has 2 saturated heterocycles. The Bertz CT molecular complexity index is 973. The fourth-order valence-corrected chi connectivity index (χ4v) is 5.95. The highest BCUT2D eigenvalue weighted by molar-refractivity contribution is 7.89. The van der Waals surface area contributed by atoms with Crippen LogP contribution < -0.4 is 0 Å². The molecule has 0 saturated carbocycles. The van der Waals surface area contributed by atoms with Crippen LogP contribution in [0.25, 0.3) is 0 Å². The molecule has 1 spiro atoms. The average molecular weight is 431 g/mol. The highest BCUT2D eigenvalue weighted by atomic mass is 32.2. The minimum absolute atomic E-state index is 0.208. The molecule has 4 rings (SSSR count). The summed E-state index contributed by atoms with van der Waals surface area (Å²) in [5, 5.41) is 0. The van der Waals surface area contributed by atoms with E-state index in [1.807, 2.05) is 37.3 Å². The second-order valence-electron chi connectivity index (χ2n) is 7.75. The second kappa shape index (κ2) is 8.37. The first kappa shape index (κ1) is 20.8. The monoisotopic (exact) mass is 430 g/mol. The number of sulfonamides is 1. The van der Waals surface area contributed by atoms with E-state index in [0.29, 0.717) is 32.5 Å². The Labute approximate surface area is 177 Å². The van der Waals surface area contributed by atoms with Gasteiger partial charge >= 0.3 is 6.09 Å². The van der Waals surface area contributed by atoms with Crippen LogP contribution in [0.5, 0.6) is 0 Å². The molecule has 0 N–H and O–H groups in total. The van der Waals surface area contributed by atoms with Gasteiger partial charge in [0.1, 0.15) is 12.3 Å². The molecule has 2 aliphatic heterocycles. The molecule has 2 aliphatic rings. The Morgan fingerprint density at radius 1 is 1.07 bits per heavy atom. The van der Waals surface area contributed by atoms with Gasteiger partial charge in [-0.3, -0.25) is 0 Å². The van der Waals surface area contributed by atoms with Crippen molar-refractivity contribution in [1.29, 1.82) is 0 Å². The third kappa shape index (κ3) is 4.08. The molecular weight excluding hydrogens is 404 g/mol. The maximum absolute atomic E-state index is 13.3. The number of carbonyl (C=O) groups excluding carboxylic acids is 1. The zero-order valence-corrected chi connectivity index (χ0v) is 17.8. The van der Waals surface area contributed by atoms with Gasteiger partial charge in [0.15, 0.2) is 0 Å². The summed E-state index contributed by atoms with van der Waals surface area (Å²) in [5.74, 6) is 0. The van der Waals surface area contributed by atoms with E-state index < -0.39 is 21.8 Å². The van der Waals surface area contributed by atoms with Crippen molar-refractivity contribution in [2.45, 2.75) is 43.1 Å². The quantitative estimate of drug-likeness (QED) is 0.744. The molecule has 0 bridgehead atoms. The van der Waals surface area contributed by atoms with Crippen LogP contribution in [0.2, 0.25) is 0 Å². The van der Waals surface area contributed by atoms with Crippen LogP contribution in [0, 0.1) is 0 Å². The Hall–Kier alpha value is -2.42. The van der Waals surface area contributed by atoms with Crippen molar-refractivity contribution in [3.05, 3.63) is 66.2 Å². The summed E-state index contributed by atoms with van der Waals surface area (Å²) in [6.45, 7) is 3.14. The molecule has 2 fully saturated rings. The lowest BCUT2D eigenvalue weighted by molar-refractivity contribution is -0.107. The highest BCUT2D eigenvalue weighted by Crippen LogP contribution is 2.40. The predicted molar refractivity (Wildman–Crippen MR) is 111 cm³/mol. The molecule has 30 heavy (non-hydrogen) atoms. The van der Waals surface area contributed by atoms with Crippen LogP contribution in [0.1, 0.15) is 25.3 Å². The van der Waals surface area contributed by atoms with Crippen molar-refractivity contribution in [2.24, 2.45) is 0 Å². The van der Waals surface area contributed by atoms with Gasteiger partial charge in [-0.05, 0) is 24.6 Å². The van der Waals surface area contributed by atoms with Crippen LogP contribution in [0.15, 0.2) is 65.6 Å². The SMILES string of the molecule is CC1CN(S(=O)(=O)c2ccccc2)C2(CCN(C(=O)OCc3ccccc3)CC2)O1. The van der Waals surface area contributed by atoms with E-state index >= 15 is 0 Å². The third-order valence-corrected chi connectivity index (χ3v) is 7.57. The molecule has 1 atom stereocenters. The molecule has 8 heteroatoms. The van der Waals surface area contributed by atoms with Crippen molar-refractivity contribution >= 4 is 16.1 Å². The summed E-state index contributed by atoms with van der Waals surface area (Å²) < 4.78 is 39.6. The lowest BCUT2D eigenvalue weighted by atomic mass is 10.0. The van der Waals surface area contributed by atoms with Crippen molar-refractivity contribution in [2.75, 3.05) is 19.6 Å². The van der Waals surface area contributed by atoms with Crippen LogP contribution in [-0.4, -0.2) is 55.2 Å². The second-order valence-corrected chi connectivity index (χ2v) is 9.61. The lowest BCUT2D eigenvalue weighted by Gasteiger charge is -2.42. The molecule has 2 aromatic carbocycles. The van der Waals surface area contributed by atoms with E-state index in [0.717, 1.165) is 5.56 Å². The third-order valence-electron chi connectivity index (χ3n) is 5.64. The maximum Gasteiger partial charge on any atom is 0.410 e. The van der Waals surface area contributed by atoms with Gasteiger partial charge in [-0.25, -0.2) is 13.2 Å². The number of nitrogens with zero attached hydrogens (tertiary/aromatic N) is 2. The van der Waals surface area contributed by atoms with Gasteiger partial charge in [0.05, 0.1) is 11.0 Å². The van der Waals surface area contributed by atoms with Crippen LogP contribution in [0.3, 0.4) is 0 Å². The number of hydrogen-bond donors (Lipinski definition) is 0. The number of piperidine rings is 1. The van der Waals surface area contributed by atoms with Gasteiger partial charge in [0, 0.05) is 32.5 Å². The van der Waals surface area contributed by atoms with Gasteiger partial charge in [0.2, 0.25) is 10.0 Å². The molecule has 1 amide bonds. The molecule has 2 heterocycles. The Morgan fingerprint density at radius 2 is 1.67 bits per heavy atom. The number of ether oxygens (including phenoxy) is 2. The van der Waals surface area contributed by atoms with Crippen molar-refractivity contribution in [1.82, 2.24) is 9.21 Å². The first-order valence-corrected chi connectivity index (χ1v) is 11.6. The highest BCUT2D eigenvalue weighted by Gasteiger charge is 2.53. The number of carbonyl (C=O) groups is 1. The Balaban J connectivity index is 1.43. The zero-order valence-electron chi connectivity index (χ0n) is 16.9. The Kier molecular flexibility index (Phi) is 5.81. The number of rotatable bonds is 4. The standard InChI is InChI=1S/C22H26N2O5S/c1-18-16-24(30(26,27)20-10-6-3-7-11-20)22(29-18)12-14-23(15-13-22)21(25)28-17-19-8-4-2-5-9-19/h2-11,18H,12-17H2,1H3. The molecule has 1 unspecified atom stereocenters. The number of amides is 1. The first-order chi connectivity index (χ1) is 14.4. The summed E-state index contributed by atoms with van der Waals surface area (Å²) in [6, 6.07) is 17.9. The van der Waals surface area contributed by atoms with Crippen molar-refractivity contribution in [3.8, 4) is 0 Å². The van der Waals surface area contributed by atoms with Crippen LogP contribution >= 0.6 is 0 Å². The molecule has 0 radical (unpaired) electrons. The van der Waals surface area contributed by atoms with Crippen LogP contribution in [-0.2, 0) is 26.1 Å². The largest absolute Gasteiger partial charge is 0.445 e. The summed E-state index contributed by atoms with van der Waals surface area (Å²) >= 11 is 0. The fourth-order valence-electron chi connectivity index (χ4n) is 4.12. The summed E-state index contributed by atoms with van der Waals surface area (Å²) in [4.78, 5) is 14.3. The summed E-state index contributed by atoms with van der Waals surface area (Å²) in [6.07, 6.45) is 0.213. The molecule has 7 nitrogen and oxygen atoms in total. The maximum atomic E-state index is 13.3. The van der Waals surface area contributed by atoms with E-state index in [1.165, 1.54) is 4.31 Å². The topological polar surface area (TPSA) is 76.2 Å². The van der Waals surface area contributed by atoms with E-state index in [4.69, 9.17) is 9.47 Å². The molecular formula is C22H26N2O5S. The predicted octanol–water partition coefficient (Wildman–Crippen LogP) is 3.22. The molecule has 0 aliphatic carbocycles. The van der Waals surface area contributed by atoms with Gasteiger partial charge in [0.25, 0.3) is 0 Å². The summed E-state index contributed by atoms with van der Waals surface area (Å²) in [7, 11) is -3.69. The minimum Gasteiger partial charge on any atom is -0.445 e. The minimum atomic E-state index is -3.69. The first-order valence-electron chi connectivity index (χ1n) is 10.1. The Morgan fingerprint density at radius 3 is 2.30 bits per heavy atom. The van der Waals surface area contributed by atoms with Gasteiger partial charge in [-0.1, -0.05) is 48.5 Å². The van der Waals surface area contributed by atoms with E-state index in [9.17, 15) is 13.2 Å². The molecule has 2 aromatic rings. The van der Waals surface area contributed by atoms with Gasteiger partial charge < -0.3 is 14.4 Å². The lowest BCUT2D eigenvalue weighted by Crippen LogP contribution is -2.55. The fraction of sp³-hybridized carbons (Fsp3) is 0.409. The average Bonchev–Trinajstić information content (AvgIpc) is 3.10. The van der Waals surface area contributed by atoms with E-state index in [2.05, 4.69) is 0 Å². The summed E-state index contributed by atoms with van der Waals surface area (Å²) in [5.41, 5.74) is -0.00276. The van der Waals surface area contributed by atoms with E-state index in [-0.39, 0.29) is 17.6 Å². The number of hydrogen-bond acceptors (Lipinski definition) is 5. The molecule has 0 aromatic heterocycles. The molecule has 160 valence electrons. The van der Waals surface area contributed by atoms with Crippen molar-refractivity contribution < 1.29 is 22.7 Å². The zero-order chi connectivity index (χ0) is 21.2. The smallest absolute Gasteiger partial charge is 0.410 e.